The lowest BCUT2D eigenvalue weighted by Gasteiger charge is -2.19. The smallest absolute Gasteiger partial charge is 0.325 e. The monoisotopic (exact) mass is 271 g/mol. The first-order valence-electron chi connectivity index (χ1n) is 6.22. The molecule has 0 fully saturated rings. The van der Waals surface area contributed by atoms with Gasteiger partial charge in [0.1, 0.15) is 0 Å². The third-order valence-corrected chi connectivity index (χ3v) is 3.90. The summed E-state index contributed by atoms with van der Waals surface area (Å²) in [4.78, 5) is 26.9. The molecule has 2 aliphatic rings. The summed E-state index contributed by atoms with van der Waals surface area (Å²) in [5, 5.41) is 14.2. The molecule has 1 aromatic rings. The molecule has 0 spiro atoms. The van der Waals surface area contributed by atoms with Gasteiger partial charge in [0.25, 0.3) is 0 Å². The molecule has 102 valence electrons. The molecule has 1 unspecified atom stereocenters. The van der Waals surface area contributed by atoms with Crippen molar-refractivity contribution in [3.63, 3.8) is 0 Å². The second-order valence-electron chi connectivity index (χ2n) is 5.46. The number of amides is 1. The van der Waals surface area contributed by atoms with Crippen molar-refractivity contribution in [2.75, 3.05) is 5.32 Å². The van der Waals surface area contributed by atoms with Crippen molar-refractivity contribution in [1.82, 2.24) is 0 Å². The first-order valence-corrected chi connectivity index (χ1v) is 6.22. The van der Waals surface area contributed by atoms with Gasteiger partial charge in [-0.25, -0.2) is 4.99 Å². The van der Waals surface area contributed by atoms with Crippen molar-refractivity contribution >= 4 is 17.8 Å². The van der Waals surface area contributed by atoms with E-state index in [0.717, 1.165) is 5.56 Å². The van der Waals surface area contributed by atoms with Crippen molar-refractivity contribution in [1.29, 1.82) is 0 Å². The predicted octanol–water partition coefficient (Wildman–Crippen LogP) is 1.99. The van der Waals surface area contributed by atoms with Gasteiger partial charge in [0.15, 0.2) is 0 Å². The van der Waals surface area contributed by atoms with Crippen LogP contribution in [0.1, 0.15) is 25.0 Å². The zero-order chi connectivity index (χ0) is 14.5. The maximum atomic E-state index is 11.9. The highest BCUT2D eigenvalue weighted by Crippen LogP contribution is 2.41. The normalized spacial score (nSPS) is 25.6. The summed E-state index contributed by atoms with van der Waals surface area (Å²) in [5.74, 6) is -0.106. The van der Waals surface area contributed by atoms with Gasteiger partial charge in [-0.3, -0.25) is 14.9 Å². The molecule has 20 heavy (non-hydrogen) atoms. The number of benzene rings is 1. The molecular weight excluding hydrogens is 258 g/mol. The van der Waals surface area contributed by atoms with Crippen LogP contribution in [0.15, 0.2) is 35.3 Å². The van der Waals surface area contributed by atoms with E-state index in [-0.39, 0.29) is 5.91 Å². The van der Waals surface area contributed by atoms with Gasteiger partial charge in [0.2, 0.25) is 5.91 Å². The van der Waals surface area contributed by atoms with Crippen molar-refractivity contribution < 1.29 is 9.72 Å². The van der Waals surface area contributed by atoms with Gasteiger partial charge in [0, 0.05) is 18.0 Å². The van der Waals surface area contributed by atoms with Crippen molar-refractivity contribution in [3.8, 4) is 0 Å². The summed E-state index contributed by atoms with van der Waals surface area (Å²) in [6.45, 7) is 3.59. The van der Waals surface area contributed by atoms with Crippen LogP contribution in [-0.2, 0) is 15.9 Å². The molecule has 6 heteroatoms. The Bertz CT molecular complexity index is 677. The molecule has 0 aliphatic carbocycles. The third kappa shape index (κ3) is 1.44. The highest BCUT2D eigenvalue weighted by atomic mass is 16.6. The zero-order valence-corrected chi connectivity index (χ0v) is 11.1. The summed E-state index contributed by atoms with van der Waals surface area (Å²) < 4.78 is 0. The minimum absolute atomic E-state index is 0.106. The highest BCUT2D eigenvalue weighted by molar-refractivity contribution is 6.05. The maximum absolute atomic E-state index is 11.9. The Kier molecular flexibility index (Phi) is 2.35. The first-order chi connectivity index (χ1) is 9.38. The number of nitrogens with one attached hydrogen (secondary N) is 1. The molecular formula is C14H13N3O3. The Hall–Kier alpha value is -2.50. The SMILES string of the molecule is CC1(C)C(=O)Nc2ccc(C3([N+](=O)[O-])C=CC=N3)cc21. The van der Waals surface area contributed by atoms with Crippen LogP contribution in [0.2, 0.25) is 0 Å². The van der Waals surface area contributed by atoms with Gasteiger partial charge in [-0.2, -0.15) is 0 Å². The highest BCUT2D eigenvalue weighted by Gasteiger charge is 2.46. The lowest BCUT2D eigenvalue weighted by molar-refractivity contribution is -0.561. The molecule has 1 aromatic carbocycles. The van der Waals surface area contributed by atoms with E-state index in [1.54, 1.807) is 38.1 Å². The van der Waals surface area contributed by atoms with Gasteiger partial charge >= 0.3 is 5.66 Å². The summed E-state index contributed by atoms with van der Waals surface area (Å²) in [6.07, 6.45) is 4.43. The molecule has 2 heterocycles. The number of hydrogen-bond acceptors (Lipinski definition) is 4. The Morgan fingerprint density at radius 2 is 2.10 bits per heavy atom. The summed E-state index contributed by atoms with van der Waals surface area (Å²) in [7, 11) is 0. The van der Waals surface area contributed by atoms with E-state index in [2.05, 4.69) is 10.3 Å². The van der Waals surface area contributed by atoms with Crippen LogP contribution >= 0.6 is 0 Å². The molecule has 1 atom stereocenters. The zero-order valence-electron chi connectivity index (χ0n) is 11.1. The first kappa shape index (κ1) is 12.5. The van der Waals surface area contributed by atoms with Gasteiger partial charge in [-0.15, -0.1) is 0 Å². The Labute approximate surface area is 115 Å². The average molecular weight is 271 g/mol. The molecule has 0 saturated heterocycles. The maximum Gasteiger partial charge on any atom is 0.358 e. The van der Waals surface area contributed by atoms with Gasteiger partial charge in [-0.1, -0.05) is 0 Å². The third-order valence-electron chi connectivity index (χ3n) is 3.90. The van der Waals surface area contributed by atoms with Crippen LogP contribution in [0, 0.1) is 10.1 Å². The number of aliphatic imine (C=N–C) groups is 1. The number of allylic oxidation sites excluding steroid dienone is 1. The van der Waals surface area contributed by atoms with Gasteiger partial charge in [-0.05, 0) is 43.7 Å². The van der Waals surface area contributed by atoms with Crippen molar-refractivity contribution in [3.05, 3.63) is 51.6 Å². The van der Waals surface area contributed by atoms with Crippen LogP contribution in [0.25, 0.3) is 0 Å². The number of carbonyl (C=O) groups is 1. The molecule has 3 rings (SSSR count). The average Bonchev–Trinajstić information content (AvgIpc) is 2.96. The van der Waals surface area contributed by atoms with E-state index in [9.17, 15) is 14.9 Å². The van der Waals surface area contributed by atoms with Crippen molar-refractivity contribution in [2.45, 2.75) is 24.9 Å². The fourth-order valence-electron chi connectivity index (χ4n) is 2.56. The number of carbonyl (C=O) groups excluding carboxylic acids is 1. The number of anilines is 1. The lowest BCUT2D eigenvalue weighted by Crippen LogP contribution is -2.30. The van der Waals surface area contributed by atoms with Crippen molar-refractivity contribution in [2.24, 2.45) is 4.99 Å². The van der Waals surface area contributed by atoms with Crippen LogP contribution in [0.5, 0.6) is 0 Å². The summed E-state index contributed by atoms with van der Waals surface area (Å²) in [5.41, 5.74) is -0.355. The Balaban J connectivity index is 2.18. The molecule has 2 aliphatic heterocycles. The second kappa shape index (κ2) is 3.75. The predicted molar refractivity (Wildman–Crippen MR) is 74.4 cm³/mol. The van der Waals surface area contributed by atoms with E-state index < -0.39 is 16.0 Å². The fraction of sp³-hybridized carbons (Fsp3) is 0.286. The quantitative estimate of drug-likeness (QED) is 0.659. The van der Waals surface area contributed by atoms with E-state index in [1.165, 1.54) is 12.3 Å². The second-order valence-corrected chi connectivity index (χ2v) is 5.46. The fourth-order valence-corrected chi connectivity index (χ4v) is 2.56. The number of nitrogens with zero attached hydrogens (tertiary/aromatic N) is 2. The van der Waals surface area contributed by atoms with Gasteiger partial charge < -0.3 is 5.32 Å². The largest absolute Gasteiger partial charge is 0.358 e. The molecule has 0 saturated carbocycles. The van der Waals surface area contributed by atoms with E-state index in [1.807, 2.05) is 0 Å². The minimum Gasteiger partial charge on any atom is -0.325 e. The van der Waals surface area contributed by atoms with Gasteiger partial charge in [0.05, 0.1) is 15.9 Å². The van der Waals surface area contributed by atoms with E-state index >= 15 is 0 Å². The standard InChI is InChI=1S/C14H13N3O3/c1-13(2)10-8-9(4-5-11(10)16-12(13)18)14(17(19)20)6-3-7-15-14/h3-8H,1-2H3,(H,16,18). The van der Waals surface area contributed by atoms with Crippen LogP contribution in [0.4, 0.5) is 5.69 Å². The minimum atomic E-state index is -1.57. The van der Waals surface area contributed by atoms with Crippen LogP contribution in [-0.4, -0.2) is 17.0 Å². The Morgan fingerprint density at radius 3 is 2.70 bits per heavy atom. The van der Waals surface area contributed by atoms with Crippen LogP contribution in [0.3, 0.4) is 0 Å². The number of hydrogen-bond donors (Lipinski definition) is 1. The lowest BCUT2D eigenvalue weighted by atomic mass is 9.84. The molecule has 1 N–H and O–H groups in total. The van der Waals surface area contributed by atoms with E-state index in [0.29, 0.717) is 11.3 Å². The summed E-state index contributed by atoms with van der Waals surface area (Å²) >= 11 is 0. The molecule has 6 nitrogen and oxygen atoms in total. The van der Waals surface area contributed by atoms with Crippen LogP contribution < -0.4 is 5.32 Å². The number of fused-ring (bicyclic) bond motifs is 1. The molecule has 0 bridgehead atoms. The molecule has 0 aromatic heterocycles. The topological polar surface area (TPSA) is 84.6 Å². The molecule has 1 amide bonds. The van der Waals surface area contributed by atoms with E-state index in [4.69, 9.17) is 0 Å². The number of rotatable bonds is 2. The summed E-state index contributed by atoms with van der Waals surface area (Å²) in [6, 6.07) is 5.03. The number of nitro groups is 1. The molecule has 0 radical (unpaired) electrons. The Morgan fingerprint density at radius 1 is 1.35 bits per heavy atom.